The Kier molecular flexibility index (Phi) is 8.69. The molecule has 0 unspecified atom stereocenters. The van der Waals surface area contributed by atoms with Crippen LogP contribution in [0.3, 0.4) is 0 Å². The quantitative estimate of drug-likeness (QED) is 0.247. The summed E-state index contributed by atoms with van der Waals surface area (Å²) in [6, 6.07) is 14.5. The molecule has 1 amide bonds. The van der Waals surface area contributed by atoms with Gasteiger partial charge in [0, 0.05) is 86.3 Å². The lowest BCUT2D eigenvalue weighted by molar-refractivity contribution is 0.0952. The molecule has 1 fully saturated rings. The van der Waals surface area contributed by atoms with Gasteiger partial charge in [0.2, 0.25) is 0 Å². The van der Waals surface area contributed by atoms with Crippen molar-refractivity contribution in [3.05, 3.63) is 87.6 Å². The van der Waals surface area contributed by atoms with Gasteiger partial charge in [-0.05, 0) is 74.7 Å². The van der Waals surface area contributed by atoms with E-state index in [4.69, 9.17) is 9.72 Å². The standard InChI is InChI=1S/C35H41N7O3/c1-22(2)42-33-19-26(17-28(30(33)21-38-42)34(43)37-20-29-23(3)16-24(4)39-35(29)44)25-6-7-27-31(18-25)36-9-8-32(27)41-12-10-40(11-13-41)14-15-45-5/h6-9,16-19,21-22H,10-15,20H2,1-5H3,(H,37,43)(H,39,44). The second-order valence-corrected chi connectivity index (χ2v) is 12.1. The van der Waals surface area contributed by atoms with Crippen LogP contribution in [-0.4, -0.2) is 77.0 Å². The number of benzene rings is 2. The molecule has 234 valence electrons. The molecule has 6 rings (SSSR count). The van der Waals surface area contributed by atoms with E-state index in [0.717, 1.165) is 83.5 Å². The summed E-state index contributed by atoms with van der Waals surface area (Å²) < 4.78 is 7.20. The van der Waals surface area contributed by atoms with E-state index in [-0.39, 0.29) is 24.1 Å². The van der Waals surface area contributed by atoms with Gasteiger partial charge < -0.3 is 19.9 Å². The second kappa shape index (κ2) is 12.8. The number of methoxy groups -OCH3 is 1. The van der Waals surface area contributed by atoms with E-state index in [2.05, 4.69) is 69.4 Å². The van der Waals surface area contributed by atoms with Crippen molar-refractivity contribution in [1.29, 1.82) is 0 Å². The lowest BCUT2D eigenvalue weighted by Gasteiger charge is -2.36. The van der Waals surface area contributed by atoms with Crippen molar-refractivity contribution in [2.75, 3.05) is 51.3 Å². The molecule has 1 aliphatic heterocycles. The molecule has 0 saturated carbocycles. The van der Waals surface area contributed by atoms with Crippen LogP contribution in [0.25, 0.3) is 32.9 Å². The molecule has 0 spiro atoms. The van der Waals surface area contributed by atoms with E-state index in [1.54, 1.807) is 13.3 Å². The maximum Gasteiger partial charge on any atom is 0.253 e. The molecule has 1 saturated heterocycles. The van der Waals surface area contributed by atoms with Crippen molar-refractivity contribution in [3.63, 3.8) is 0 Å². The van der Waals surface area contributed by atoms with E-state index in [1.165, 1.54) is 5.69 Å². The first-order valence-corrected chi connectivity index (χ1v) is 15.6. The molecule has 0 aliphatic carbocycles. The third-order valence-corrected chi connectivity index (χ3v) is 8.75. The fraction of sp³-hybridized carbons (Fsp3) is 0.371. The number of ether oxygens (including phenoxy) is 1. The average Bonchev–Trinajstić information content (AvgIpc) is 3.47. The van der Waals surface area contributed by atoms with E-state index >= 15 is 0 Å². The summed E-state index contributed by atoms with van der Waals surface area (Å²) in [6.07, 6.45) is 3.63. The molecular weight excluding hydrogens is 566 g/mol. The van der Waals surface area contributed by atoms with Gasteiger partial charge >= 0.3 is 0 Å². The van der Waals surface area contributed by atoms with E-state index in [9.17, 15) is 9.59 Å². The zero-order valence-corrected chi connectivity index (χ0v) is 26.7. The van der Waals surface area contributed by atoms with Crippen LogP contribution >= 0.6 is 0 Å². The van der Waals surface area contributed by atoms with Gasteiger partial charge in [-0.3, -0.25) is 24.2 Å². The number of nitrogens with zero attached hydrogens (tertiary/aromatic N) is 5. The van der Waals surface area contributed by atoms with Crippen molar-refractivity contribution < 1.29 is 9.53 Å². The summed E-state index contributed by atoms with van der Waals surface area (Å²) in [5.41, 5.74) is 7.36. The molecule has 0 atom stereocenters. The van der Waals surface area contributed by atoms with Crippen LogP contribution in [-0.2, 0) is 11.3 Å². The number of H-pyrrole nitrogens is 1. The van der Waals surface area contributed by atoms with Gasteiger partial charge in [-0.25, -0.2) is 0 Å². The summed E-state index contributed by atoms with van der Waals surface area (Å²) in [6.45, 7) is 13.6. The number of rotatable bonds is 9. The highest BCUT2D eigenvalue weighted by Crippen LogP contribution is 2.33. The molecule has 4 heterocycles. The normalized spacial score (nSPS) is 14.1. The highest BCUT2D eigenvalue weighted by Gasteiger charge is 2.21. The fourth-order valence-electron chi connectivity index (χ4n) is 6.30. The van der Waals surface area contributed by atoms with Gasteiger partial charge in [-0.15, -0.1) is 0 Å². The maximum absolute atomic E-state index is 13.7. The SMILES string of the molecule is COCCN1CCN(c2ccnc3cc(-c4cc(C(=O)NCc5c(C)cc(C)[nH]c5=O)c5cnn(C(C)C)c5c4)ccc23)CC1. The number of nitrogens with one attached hydrogen (secondary N) is 2. The van der Waals surface area contributed by atoms with Gasteiger partial charge in [-0.2, -0.15) is 5.10 Å². The van der Waals surface area contributed by atoms with E-state index < -0.39 is 0 Å². The molecule has 10 heteroatoms. The van der Waals surface area contributed by atoms with E-state index in [0.29, 0.717) is 11.1 Å². The second-order valence-electron chi connectivity index (χ2n) is 12.1. The lowest BCUT2D eigenvalue weighted by Crippen LogP contribution is -2.47. The van der Waals surface area contributed by atoms with Gasteiger partial charge in [-0.1, -0.05) is 12.1 Å². The minimum Gasteiger partial charge on any atom is -0.383 e. The minimum absolute atomic E-state index is 0.109. The molecule has 5 aromatic rings. The molecule has 0 bridgehead atoms. The summed E-state index contributed by atoms with van der Waals surface area (Å²) in [4.78, 5) is 38.7. The van der Waals surface area contributed by atoms with Crippen LogP contribution in [0, 0.1) is 13.8 Å². The van der Waals surface area contributed by atoms with Crippen LogP contribution in [0.5, 0.6) is 0 Å². The zero-order chi connectivity index (χ0) is 31.7. The molecule has 45 heavy (non-hydrogen) atoms. The smallest absolute Gasteiger partial charge is 0.253 e. The topological polar surface area (TPSA) is 108 Å². The predicted octanol–water partition coefficient (Wildman–Crippen LogP) is 4.84. The number of aryl methyl sites for hydroxylation is 2. The fourth-order valence-corrected chi connectivity index (χ4v) is 6.30. The largest absolute Gasteiger partial charge is 0.383 e. The van der Waals surface area contributed by atoms with Crippen LogP contribution in [0.15, 0.2) is 59.7 Å². The van der Waals surface area contributed by atoms with Crippen molar-refractivity contribution >= 4 is 33.4 Å². The maximum atomic E-state index is 13.7. The number of pyridine rings is 2. The Labute approximate surface area is 263 Å². The number of amides is 1. The molecule has 2 aromatic carbocycles. The van der Waals surface area contributed by atoms with Gasteiger partial charge in [0.1, 0.15) is 0 Å². The number of piperazine rings is 1. The van der Waals surface area contributed by atoms with Crippen LogP contribution in [0.4, 0.5) is 5.69 Å². The minimum atomic E-state index is -0.254. The number of hydrogen-bond acceptors (Lipinski definition) is 7. The van der Waals surface area contributed by atoms with Crippen molar-refractivity contribution in [1.82, 2.24) is 30.0 Å². The number of carbonyl (C=O) groups is 1. The molecular formula is C35H41N7O3. The number of carbonyl (C=O) groups excluding carboxylic acids is 1. The van der Waals surface area contributed by atoms with Gasteiger partial charge in [0.15, 0.2) is 0 Å². The van der Waals surface area contributed by atoms with Crippen LogP contribution in [0.2, 0.25) is 0 Å². The average molecular weight is 608 g/mol. The number of aromatic amines is 1. The number of aromatic nitrogens is 4. The number of hydrogen-bond donors (Lipinski definition) is 2. The first-order valence-electron chi connectivity index (χ1n) is 15.6. The van der Waals surface area contributed by atoms with Gasteiger partial charge in [0.05, 0.1) is 29.4 Å². The Hall–Kier alpha value is -4.54. The zero-order valence-electron chi connectivity index (χ0n) is 26.7. The summed E-state index contributed by atoms with van der Waals surface area (Å²) in [5.74, 6) is -0.254. The summed E-state index contributed by atoms with van der Waals surface area (Å²) in [5, 5.41) is 9.48. The van der Waals surface area contributed by atoms with Crippen LogP contribution in [0.1, 0.15) is 47.1 Å². The highest BCUT2D eigenvalue weighted by atomic mass is 16.5. The monoisotopic (exact) mass is 607 g/mol. The third kappa shape index (κ3) is 6.21. The molecule has 10 nitrogen and oxygen atoms in total. The Morgan fingerprint density at radius 1 is 1.02 bits per heavy atom. The first kappa shape index (κ1) is 30.5. The Bertz CT molecular complexity index is 1920. The Morgan fingerprint density at radius 2 is 1.82 bits per heavy atom. The van der Waals surface area contributed by atoms with Crippen molar-refractivity contribution in [2.24, 2.45) is 0 Å². The molecule has 3 aromatic heterocycles. The lowest BCUT2D eigenvalue weighted by atomic mass is 9.98. The predicted molar refractivity (Wildman–Crippen MR) is 179 cm³/mol. The van der Waals surface area contributed by atoms with Gasteiger partial charge in [0.25, 0.3) is 11.5 Å². The number of fused-ring (bicyclic) bond motifs is 2. The summed E-state index contributed by atoms with van der Waals surface area (Å²) >= 11 is 0. The van der Waals surface area contributed by atoms with Crippen molar-refractivity contribution in [2.45, 2.75) is 40.3 Å². The Morgan fingerprint density at radius 3 is 2.56 bits per heavy atom. The summed E-state index contributed by atoms with van der Waals surface area (Å²) in [7, 11) is 1.75. The third-order valence-electron chi connectivity index (χ3n) is 8.75. The Balaban J connectivity index is 1.33. The highest BCUT2D eigenvalue weighted by molar-refractivity contribution is 6.08. The number of anilines is 1. The molecule has 2 N–H and O–H groups in total. The first-order chi connectivity index (χ1) is 21.7. The van der Waals surface area contributed by atoms with Crippen LogP contribution < -0.4 is 15.8 Å². The molecule has 1 aliphatic rings. The van der Waals surface area contributed by atoms with Crippen molar-refractivity contribution in [3.8, 4) is 11.1 Å². The van der Waals surface area contributed by atoms with E-state index in [1.807, 2.05) is 36.9 Å². The molecule has 0 radical (unpaired) electrons.